The van der Waals surface area contributed by atoms with Crippen LogP contribution in [0.15, 0.2) is 104 Å². The van der Waals surface area contributed by atoms with Gasteiger partial charge in [0.2, 0.25) is 11.6 Å². The van der Waals surface area contributed by atoms with E-state index in [0.717, 1.165) is 36.9 Å². The largest absolute Gasteiger partial charge is 0.453 e. The second-order valence-corrected chi connectivity index (χ2v) is 11.2. The van der Waals surface area contributed by atoms with E-state index in [-0.39, 0.29) is 44.0 Å². The number of fused-ring (bicyclic) bond motifs is 2. The van der Waals surface area contributed by atoms with E-state index < -0.39 is 58.1 Å². The number of hydrogen-bond donors (Lipinski definition) is 4. The molecule has 0 fully saturated rings. The Bertz CT molecular complexity index is 2540. The van der Waals surface area contributed by atoms with Crippen molar-refractivity contribution < 1.29 is 46.2 Å². The summed E-state index contributed by atoms with van der Waals surface area (Å²) in [6.45, 7) is -0.0242. The fraction of sp³-hybridized carbons (Fsp3) is 0.100. The van der Waals surface area contributed by atoms with Crippen molar-refractivity contribution in [2.24, 2.45) is 0 Å². The highest BCUT2D eigenvalue weighted by atomic mass is 19.1. The second kappa shape index (κ2) is 18.1. The van der Waals surface area contributed by atoms with Crippen LogP contribution in [-0.2, 0) is 16.1 Å². The third-order valence-electron chi connectivity index (χ3n) is 7.90. The van der Waals surface area contributed by atoms with Gasteiger partial charge in [0.25, 0.3) is 0 Å². The van der Waals surface area contributed by atoms with Gasteiger partial charge in [-0.15, -0.1) is 0 Å². The Morgan fingerprint density at radius 1 is 0.625 bits per heavy atom. The number of rotatable bonds is 8. The maximum Gasteiger partial charge on any atom is 0.412 e. The van der Waals surface area contributed by atoms with Crippen molar-refractivity contribution in [1.82, 2.24) is 19.9 Å². The highest BCUT2D eigenvalue weighted by Crippen LogP contribution is 2.28. The maximum atomic E-state index is 14.9. The molecule has 0 aliphatic rings. The average Bonchev–Trinajstić information content (AvgIpc) is 3.82. The fourth-order valence-electron chi connectivity index (χ4n) is 5.30. The summed E-state index contributed by atoms with van der Waals surface area (Å²) in [5.41, 5.74) is -0.539. The molecule has 12 nitrogen and oxygen atoms in total. The SMILES string of the molecule is C.C.COC(=O)Nc1ccc(F)c(C(=O)c2c[nH]c3ncccc23)c1F.O=C(Nc1ccc(F)c(C(=O)c2c[nH]c3ncccc23)c1F)OCc1ccccc1. The lowest BCUT2D eigenvalue weighted by atomic mass is 10.0. The number of benzene rings is 3. The molecule has 56 heavy (non-hydrogen) atoms. The molecule has 3 aromatic carbocycles. The van der Waals surface area contributed by atoms with Gasteiger partial charge in [0.15, 0.2) is 11.6 Å². The van der Waals surface area contributed by atoms with Gasteiger partial charge in [0.1, 0.15) is 29.5 Å². The normalized spacial score (nSPS) is 10.3. The first kappa shape index (κ1) is 41.4. The minimum atomic E-state index is -1.19. The van der Waals surface area contributed by atoms with E-state index in [0.29, 0.717) is 22.1 Å². The topological polar surface area (TPSA) is 168 Å². The first-order valence-corrected chi connectivity index (χ1v) is 15.8. The fourth-order valence-corrected chi connectivity index (χ4v) is 5.30. The molecule has 288 valence electrons. The number of amides is 2. The maximum absolute atomic E-state index is 14.9. The van der Waals surface area contributed by atoms with Crippen molar-refractivity contribution in [1.29, 1.82) is 0 Å². The molecule has 0 saturated carbocycles. The Morgan fingerprint density at radius 2 is 1.09 bits per heavy atom. The molecule has 2 amide bonds. The number of halogens is 4. The van der Waals surface area contributed by atoms with E-state index in [9.17, 15) is 36.7 Å². The number of H-pyrrole nitrogens is 2. The molecule has 0 bridgehead atoms. The van der Waals surface area contributed by atoms with Crippen molar-refractivity contribution in [3.8, 4) is 0 Å². The number of carbonyl (C=O) groups excluding carboxylic acids is 4. The van der Waals surface area contributed by atoms with Crippen LogP contribution >= 0.6 is 0 Å². The zero-order valence-corrected chi connectivity index (χ0v) is 27.9. The second-order valence-electron chi connectivity index (χ2n) is 11.2. The van der Waals surface area contributed by atoms with E-state index in [1.54, 1.807) is 48.5 Å². The van der Waals surface area contributed by atoms with Crippen LogP contribution in [0.2, 0.25) is 0 Å². The highest BCUT2D eigenvalue weighted by Gasteiger charge is 2.26. The summed E-state index contributed by atoms with van der Waals surface area (Å²) in [5.74, 6) is -6.17. The molecule has 4 heterocycles. The smallest absolute Gasteiger partial charge is 0.412 e. The predicted octanol–water partition coefficient (Wildman–Crippen LogP) is 9.34. The van der Waals surface area contributed by atoms with Crippen LogP contribution in [0.4, 0.5) is 38.5 Å². The van der Waals surface area contributed by atoms with Gasteiger partial charge >= 0.3 is 12.2 Å². The van der Waals surface area contributed by atoms with Gasteiger partial charge < -0.3 is 19.4 Å². The molecule has 0 aliphatic heterocycles. The van der Waals surface area contributed by atoms with Crippen molar-refractivity contribution in [3.05, 3.63) is 155 Å². The van der Waals surface area contributed by atoms with Crippen LogP contribution in [0.3, 0.4) is 0 Å². The highest BCUT2D eigenvalue weighted by molar-refractivity contribution is 6.17. The van der Waals surface area contributed by atoms with E-state index in [4.69, 9.17) is 4.74 Å². The van der Waals surface area contributed by atoms with Crippen LogP contribution in [0.1, 0.15) is 52.3 Å². The van der Waals surface area contributed by atoms with E-state index in [2.05, 4.69) is 35.3 Å². The van der Waals surface area contributed by atoms with Crippen LogP contribution < -0.4 is 10.6 Å². The zero-order chi connectivity index (χ0) is 38.4. The van der Waals surface area contributed by atoms with Crippen molar-refractivity contribution >= 4 is 57.2 Å². The Morgan fingerprint density at radius 3 is 1.55 bits per heavy atom. The Hall–Kier alpha value is -7.36. The van der Waals surface area contributed by atoms with Gasteiger partial charge in [-0.25, -0.2) is 37.1 Å². The van der Waals surface area contributed by atoms with Crippen LogP contribution in [0, 0.1) is 23.3 Å². The van der Waals surface area contributed by atoms with E-state index in [1.807, 2.05) is 6.07 Å². The number of pyridine rings is 2. The van der Waals surface area contributed by atoms with Gasteiger partial charge in [-0.05, 0) is 54.1 Å². The third-order valence-corrected chi connectivity index (χ3v) is 7.90. The number of aromatic nitrogens is 4. The number of carbonyl (C=O) groups is 4. The molecule has 0 unspecified atom stereocenters. The number of aromatic amines is 2. The van der Waals surface area contributed by atoms with Gasteiger partial charge in [-0.2, -0.15) is 0 Å². The van der Waals surface area contributed by atoms with Crippen molar-refractivity contribution in [2.45, 2.75) is 21.5 Å². The molecule has 0 aliphatic carbocycles. The zero-order valence-electron chi connectivity index (χ0n) is 27.9. The molecule has 4 N–H and O–H groups in total. The van der Waals surface area contributed by atoms with Gasteiger partial charge in [0.05, 0.1) is 29.6 Å². The predicted molar refractivity (Wildman–Crippen MR) is 202 cm³/mol. The summed E-state index contributed by atoms with van der Waals surface area (Å²) in [6, 6.07) is 19.2. The third kappa shape index (κ3) is 8.71. The van der Waals surface area contributed by atoms with Crippen LogP contribution in [-0.4, -0.2) is 50.8 Å². The molecule has 0 radical (unpaired) electrons. The number of anilines is 2. The van der Waals surface area contributed by atoms with Crippen molar-refractivity contribution in [2.75, 3.05) is 17.7 Å². The number of hydrogen-bond acceptors (Lipinski definition) is 8. The standard InChI is InChI=1S/C22H15F2N3O3.C16H11F2N3O3.2CH4/c23-16-8-9-17(27-22(29)30-12-13-5-2-1-3-6-13)19(24)18(16)20(28)15-11-26-21-14(15)7-4-10-25-21;1-24-16(23)21-11-5-4-10(17)12(13(11)18)14(22)9-7-20-15-8(9)3-2-6-19-15;;/h1-11H,12H2,(H,25,26)(H,27,29);2-7H,1H3,(H,19,20)(H,21,23);2*1H4. The number of nitrogens with zero attached hydrogens (tertiary/aromatic N) is 2. The minimum Gasteiger partial charge on any atom is -0.453 e. The number of ketones is 2. The summed E-state index contributed by atoms with van der Waals surface area (Å²) >= 11 is 0. The lowest BCUT2D eigenvalue weighted by Crippen LogP contribution is -2.17. The number of methoxy groups -OCH3 is 1. The molecule has 7 rings (SSSR count). The van der Waals surface area contributed by atoms with E-state index in [1.165, 1.54) is 24.8 Å². The number of ether oxygens (including phenoxy) is 2. The van der Waals surface area contributed by atoms with E-state index >= 15 is 0 Å². The monoisotopic (exact) mass is 770 g/mol. The molecule has 4 aromatic heterocycles. The molecule has 0 atom stereocenters. The van der Waals surface area contributed by atoms with Crippen LogP contribution in [0.5, 0.6) is 0 Å². The Balaban J connectivity index is 0.000000246. The quantitative estimate of drug-likeness (QED) is 0.0876. The molecular weight excluding hydrogens is 736 g/mol. The molecular formula is C40H34F4N6O6. The average molecular weight is 771 g/mol. The van der Waals surface area contributed by atoms with Gasteiger partial charge in [-0.1, -0.05) is 45.2 Å². The van der Waals surface area contributed by atoms with Gasteiger partial charge in [0, 0.05) is 46.7 Å². The lowest BCUT2D eigenvalue weighted by molar-refractivity contribution is 0.102. The molecule has 0 spiro atoms. The minimum absolute atomic E-state index is 0. The summed E-state index contributed by atoms with van der Waals surface area (Å²) in [7, 11) is 1.10. The molecule has 7 aromatic rings. The van der Waals surface area contributed by atoms with Crippen LogP contribution in [0.25, 0.3) is 22.1 Å². The van der Waals surface area contributed by atoms with Gasteiger partial charge in [-0.3, -0.25) is 20.2 Å². The molecule has 16 heteroatoms. The lowest BCUT2D eigenvalue weighted by Gasteiger charge is -2.11. The summed E-state index contributed by atoms with van der Waals surface area (Å²) in [5, 5.41) is 5.17. The number of nitrogens with one attached hydrogen (secondary N) is 4. The first-order chi connectivity index (χ1) is 26.1. The summed E-state index contributed by atoms with van der Waals surface area (Å²) in [4.78, 5) is 62.3. The Kier molecular flexibility index (Phi) is 13.4. The first-order valence-electron chi connectivity index (χ1n) is 15.8. The Labute approximate surface area is 316 Å². The summed E-state index contributed by atoms with van der Waals surface area (Å²) in [6.07, 6.45) is 3.86. The molecule has 0 saturated heterocycles. The van der Waals surface area contributed by atoms with Crippen molar-refractivity contribution in [3.63, 3.8) is 0 Å². The summed E-state index contributed by atoms with van der Waals surface area (Å²) < 4.78 is 67.3.